The summed E-state index contributed by atoms with van der Waals surface area (Å²) in [6.07, 6.45) is 2.16. The Morgan fingerprint density at radius 3 is 2.78 bits per heavy atom. The van der Waals surface area contributed by atoms with Crippen molar-refractivity contribution in [2.24, 2.45) is 5.73 Å². The molecule has 1 amide bonds. The fraction of sp³-hybridized carbons (Fsp3) is 0.533. The highest BCUT2D eigenvalue weighted by Gasteiger charge is 2.32. The smallest absolute Gasteiger partial charge is 0.234 e. The van der Waals surface area contributed by atoms with Crippen LogP contribution in [0, 0.1) is 0 Å². The minimum atomic E-state index is -0.294. The van der Waals surface area contributed by atoms with Gasteiger partial charge in [-0.3, -0.25) is 10.1 Å². The van der Waals surface area contributed by atoms with E-state index in [1.165, 1.54) is 11.1 Å². The van der Waals surface area contributed by atoms with Crippen molar-refractivity contribution >= 4 is 5.91 Å². The van der Waals surface area contributed by atoms with Crippen LogP contribution in [0.5, 0.6) is 0 Å². The summed E-state index contributed by atoms with van der Waals surface area (Å²) in [6.45, 7) is 6.38. The summed E-state index contributed by atoms with van der Waals surface area (Å²) in [5.74, 6) is -0.294. The Morgan fingerprint density at radius 1 is 1.44 bits per heavy atom. The molecular weight excluding hydrogens is 224 g/mol. The summed E-state index contributed by atoms with van der Waals surface area (Å²) in [5, 5.41) is 3.34. The van der Waals surface area contributed by atoms with E-state index in [-0.39, 0.29) is 23.4 Å². The molecule has 1 aliphatic carbocycles. The molecule has 1 aromatic rings. The largest absolute Gasteiger partial charge is 0.368 e. The zero-order valence-electron chi connectivity index (χ0n) is 11.4. The first-order valence-corrected chi connectivity index (χ1v) is 6.56. The topological polar surface area (TPSA) is 55.1 Å². The second-order valence-corrected chi connectivity index (χ2v) is 5.85. The minimum absolute atomic E-state index is 0.213. The second kappa shape index (κ2) is 4.73. The first-order valence-electron chi connectivity index (χ1n) is 6.56. The van der Waals surface area contributed by atoms with Crippen LogP contribution >= 0.6 is 0 Å². The number of hydrogen-bond acceptors (Lipinski definition) is 2. The monoisotopic (exact) mass is 246 g/mol. The molecule has 3 heteroatoms. The van der Waals surface area contributed by atoms with Crippen molar-refractivity contribution in [2.75, 3.05) is 0 Å². The second-order valence-electron chi connectivity index (χ2n) is 5.85. The average Bonchev–Trinajstić information content (AvgIpc) is 2.33. The van der Waals surface area contributed by atoms with Gasteiger partial charge in [0.05, 0.1) is 6.04 Å². The molecule has 0 bridgehead atoms. The van der Waals surface area contributed by atoms with Crippen LogP contribution in [0.1, 0.15) is 50.8 Å². The van der Waals surface area contributed by atoms with Gasteiger partial charge in [-0.1, -0.05) is 38.1 Å². The summed E-state index contributed by atoms with van der Waals surface area (Å²) in [7, 11) is 0. The highest BCUT2D eigenvalue weighted by molar-refractivity contribution is 5.79. The fourth-order valence-electron chi connectivity index (χ4n) is 2.77. The standard InChI is InChI=1S/C15H22N2O/c1-10(14(16)18)17-13-8-9-15(2,3)12-7-5-4-6-11(12)13/h4-7,10,13,17H,8-9H2,1-3H3,(H2,16,18). The molecule has 0 saturated heterocycles. The number of hydrogen-bond donors (Lipinski definition) is 2. The number of amides is 1. The van der Waals surface area contributed by atoms with Crippen molar-refractivity contribution < 1.29 is 4.79 Å². The van der Waals surface area contributed by atoms with Crippen molar-refractivity contribution in [2.45, 2.75) is 51.1 Å². The Bertz CT molecular complexity index is 454. The lowest BCUT2D eigenvalue weighted by Crippen LogP contribution is -2.43. The molecule has 0 radical (unpaired) electrons. The lowest BCUT2D eigenvalue weighted by Gasteiger charge is -2.38. The van der Waals surface area contributed by atoms with Crippen LogP contribution in [0.2, 0.25) is 0 Å². The van der Waals surface area contributed by atoms with Crippen LogP contribution in [0.3, 0.4) is 0 Å². The number of carbonyl (C=O) groups excluding carboxylic acids is 1. The van der Waals surface area contributed by atoms with Gasteiger partial charge in [-0.15, -0.1) is 0 Å². The lowest BCUT2D eigenvalue weighted by atomic mass is 9.71. The van der Waals surface area contributed by atoms with Gasteiger partial charge in [-0.2, -0.15) is 0 Å². The van der Waals surface area contributed by atoms with E-state index in [0.29, 0.717) is 0 Å². The van der Waals surface area contributed by atoms with Crippen molar-refractivity contribution in [1.82, 2.24) is 5.32 Å². The van der Waals surface area contributed by atoms with E-state index >= 15 is 0 Å². The molecule has 1 aliphatic rings. The third-order valence-corrected chi connectivity index (χ3v) is 4.00. The molecule has 1 aromatic carbocycles. The van der Waals surface area contributed by atoms with E-state index < -0.39 is 0 Å². The maximum atomic E-state index is 11.2. The Labute approximate surface area is 109 Å². The molecule has 2 unspecified atom stereocenters. The summed E-state index contributed by atoms with van der Waals surface area (Å²) < 4.78 is 0. The van der Waals surface area contributed by atoms with Gasteiger partial charge in [-0.25, -0.2) is 0 Å². The van der Waals surface area contributed by atoms with Crippen LogP contribution < -0.4 is 11.1 Å². The van der Waals surface area contributed by atoms with Gasteiger partial charge in [-0.05, 0) is 36.3 Å². The highest BCUT2D eigenvalue weighted by atomic mass is 16.1. The zero-order chi connectivity index (χ0) is 13.3. The van der Waals surface area contributed by atoms with E-state index in [1.807, 2.05) is 6.92 Å². The molecule has 0 fully saturated rings. The maximum absolute atomic E-state index is 11.2. The van der Waals surface area contributed by atoms with E-state index in [1.54, 1.807) is 0 Å². The number of nitrogens with two attached hydrogens (primary N) is 1. The van der Waals surface area contributed by atoms with Crippen molar-refractivity contribution in [3.63, 3.8) is 0 Å². The van der Waals surface area contributed by atoms with Gasteiger partial charge >= 0.3 is 0 Å². The number of nitrogens with one attached hydrogen (secondary N) is 1. The van der Waals surface area contributed by atoms with E-state index in [9.17, 15) is 4.79 Å². The van der Waals surface area contributed by atoms with E-state index in [4.69, 9.17) is 5.73 Å². The summed E-state index contributed by atoms with van der Waals surface area (Å²) in [6, 6.07) is 8.44. The molecule has 0 aliphatic heterocycles. The quantitative estimate of drug-likeness (QED) is 0.859. The predicted octanol–water partition coefficient (Wildman–Crippen LogP) is 2.26. The van der Waals surface area contributed by atoms with Gasteiger partial charge in [0, 0.05) is 6.04 Å². The molecule has 2 atom stereocenters. The number of fused-ring (bicyclic) bond motifs is 1. The fourth-order valence-corrected chi connectivity index (χ4v) is 2.77. The SMILES string of the molecule is CC(NC1CCC(C)(C)c2ccccc21)C(N)=O. The zero-order valence-corrected chi connectivity index (χ0v) is 11.4. The molecule has 0 aromatic heterocycles. The molecule has 18 heavy (non-hydrogen) atoms. The molecule has 98 valence electrons. The van der Waals surface area contributed by atoms with E-state index in [0.717, 1.165) is 12.8 Å². The first-order chi connectivity index (χ1) is 8.42. The highest BCUT2D eigenvalue weighted by Crippen LogP contribution is 2.41. The molecule has 3 nitrogen and oxygen atoms in total. The normalized spacial score (nSPS) is 23.2. The maximum Gasteiger partial charge on any atom is 0.234 e. The van der Waals surface area contributed by atoms with Crippen molar-refractivity contribution in [1.29, 1.82) is 0 Å². The van der Waals surface area contributed by atoms with Gasteiger partial charge in [0.25, 0.3) is 0 Å². The Kier molecular flexibility index (Phi) is 3.44. The Hall–Kier alpha value is -1.35. The lowest BCUT2D eigenvalue weighted by molar-refractivity contribution is -0.119. The van der Waals surface area contributed by atoms with E-state index in [2.05, 4.69) is 43.4 Å². The van der Waals surface area contributed by atoms with Crippen LogP contribution in [0.15, 0.2) is 24.3 Å². The average molecular weight is 246 g/mol. The molecule has 0 heterocycles. The molecule has 2 rings (SSSR count). The summed E-state index contributed by atoms with van der Waals surface area (Å²) in [4.78, 5) is 11.2. The predicted molar refractivity (Wildman–Crippen MR) is 73.2 cm³/mol. The van der Waals surface area contributed by atoms with Gasteiger partial charge in [0.1, 0.15) is 0 Å². The molecule has 0 saturated carbocycles. The van der Waals surface area contributed by atoms with Gasteiger partial charge < -0.3 is 5.73 Å². The first kappa shape index (κ1) is 13.1. The Balaban J connectivity index is 2.28. The van der Waals surface area contributed by atoms with Crippen LogP contribution in [-0.4, -0.2) is 11.9 Å². The van der Waals surface area contributed by atoms with Crippen molar-refractivity contribution in [3.8, 4) is 0 Å². The number of rotatable bonds is 3. The minimum Gasteiger partial charge on any atom is -0.368 e. The summed E-state index contributed by atoms with van der Waals surface area (Å²) >= 11 is 0. The van der Waals surface area contributed by atoms with Gasteiger partial charge in [0.2, 0.25) is 5.91 Å². The van der Waals surface area contributed by atoms with Crippen LogP contribution in [0.4, 0.5) is 0 Å². The third kappa shape index (κ3) is 2.41. The van der Waals surface area contributed by atoms with Crippen LogP contribution in [0.25, 0.3) is 0 Å². The summed E-state index contributed by atoms with van der Waals surface area (Å²) in [5.41, 5.74) is 8.23. The molecule has 3 N–H and O–H groups in total. The van der Waals surface area contributed by atoms with Crippen LogP contribution in [-0.2, 0) is 10.2 Å². The molecular formula is C15H22N2O. The van der Waals surface area contributed by atoms with Crippen molar-refractivity contribution in [3.05, 3.63) is 35.4 Å². The number of carbonyl (C=O) groups is 1. The van der Waals surface area contributed by atoms with Gasteiger partial charge in [0.15, 0.2) is 0 Å². The number of benzene rings is 1. The Morgan fingerprint density at radius 2 is 2.11 bits per heavy atom. The third-order valence-electron chi connectivity index (χ3n) is 4.00. The molecule has 0 spiro atoms. The number of primary amides is 1.